The molecule has 3 N–H and O–H groups in total. The van der Waals surface area contributed by atoms with Crippen LogP contribution < -0.4 is 11.1 Å². The van der Waals surface area contributed by atoms with Gasteiger partial charge in [-0.05, 0) is 62.5 Å². The minimum Gasteiger partial charge on any atom is -0.380 e. The molecule has 0 spiro atoms. The average Bonchev–Trinajstić information content (AvgIpc) is 3.34. The van der Waals surface area contributed by atoms with Crippen LogP contribution in [0.3, 0.4) is 0 Å². The van der Waals surface area contributed by atoms with E-state index >= 15 is 0 Å². The van der Waals surface area contributed by atoms with Gasteiger partial charge in [0.15, 0.2) is 0 Å². The number of rotatable bonds is 5. The lowest BCUT2D eigenvalue weighted by atomic mass is 9.74. The van der Waals surface area contributed by atoms with E-state index < -0.39 is 59.8 Å². The van der Waals surface area contributed by atoms with Crippen LogP contribution in [0, 0.1) is 23.0 Å². The molecule has 1 amide bonds. The summed E-state index contributed by atoms with van der Waals surface area (Å²) in [5, 5.41) is 2.49. The highest BCUT2D eigenvalue weighted by atomic mass is 35.5. The lowest BCUT2D eigenvalue weighted by molar-refractivity contribution is -0.127. The third kappa shape index (κ3) is 3.55. The molecule has 2 bridgehead atoms. The predicted octanol–water partition coefficient (Wildman–Crippen LogP) is 4.20. The van der Waals surface area contributed by atoms with E-state index in [4.69, 9.17) is 26.2 Å². The van der Waals surface area contributed by atoms with Gasteiger partial charge in [-0.3, -0.25) is 4.79 Å². The van der Waals surface area contributed by atoms with Crippen molar-refractivity contribution in [1.82, 2.24) is 5.32 Å². The van der Waals surface area contributed by atoms with E-state index in [9.17, 15) is 18.0 Å². The molecular formula is C21H26ClF3N2O2. The summed E-state index contributed by atoms with van der Waals surface area (Å²) in [5.41, 5.74) is 3.39. The number of alkyl halides is 1. The lowest BCUT2D eigenvalue weighted by Gasteiger charge is -2.37. The number of halogens is 4. The highest BCUT2D eigenvalue weighted by molar-refractivity contribution is 6.30. The molecular weight excluding hydrogens is 405 g/mol. The first-order valence-electron chi connectivity index (χ1n) is 11.4. The summed E-state index contributed by atoms with van der Waals surface area (Å²) in [7, 11) is -2.65. The van der Waals surface area contributed by atoms with Gasteiger partial charge in [0.2, 0.25) is 5.91 Å². The zero-order chi connectivity index (χ0) is 23.5. The normalized spacial score (nSPS) is 39.1. The van der Waals surface area contributed by atoms with E-state index in [-0.39, 0.29) is 42.7 Å². The first-order chi connectivity index (χ1) is 14.8. The van der Waals surface area contributed by atoms with Crippen molar-refractivity contribution in [2.24, 2.45) is 17.1 Å². The number of carbonyl (C=O) groups is 1. The minimum absolute atomic E-state index is 0.0681. The molecule has 0 saturated heterocycles. The monoisotopic (exact) mass is 433 g/mol. The van der Waals surface area contributed by atoms with E-state index in [0.29, 0.717) is 12.8 Å². The number of amides is 1. The second-order valence-corrected chi connectivity index (χ2v) is 9.28. The quantitative estimate of drug-likeness (QED) is 0.684. The van der Waals surface area contributed by atoms with Crippen molar-refractivity contribution in [3.8, 4) is 0 Å². The van der Waals surface area contributed by atoms with Crippen molar-refractivity contribution >= 4 is 17.5 Å². The molecule has 0 aliphatic heterocycles. The fourth-order valence-corrected chi connectivity index (χ4v) is 5.72. The number of nitrogens with two attached hydrogens (primary N) is 1. The van der Waals surface area contributed by atoms with Crippen molar-refractivity contribution in [1.29, 1.82) is 0 Å². The third-order valence-electron chi connectivity index (χ3n) is 7.15. The molecule has 3 aliphatic carbocycles. The van der Waals surface area contributed by atoms with Crippen LogP contribution in [0.4, 0.5) is 13.2 Å². The van der Waals surface area contributed by atoms with Gasteiger partial charge in [-0.15, -0.1) is 0 Å². The number of hydrogen-bond donors (Lipinski definition) is 2. The van der Waals surface area contributed by atoms with E-state index in [2.05, 4.69) is 5.32 Å². The predicted molar refractivity (Wildman–Crippen MR) is 103 cm³/mol. The molecule has 29 heavy (non-hydrogen) atoms. The molecule has 160 valence electrons. The van der Waals surface area contributed by atoms with Crippen molar-refractivity contribution in [3.63, 3.8) is 0 Å². The molecule has 0 radical (unpaired) electrons. The highest BCUT2D eigenvalue weighted by Crippen LogP contribution is 2.63. The standard InChI is InChI=1S/C21H26ClF3N2O2/c1-29-15-9-11(8-14(15)26)19(28)27-18(16-13(23)3-2-12(22)17(16)24)20-4-6-21(25,10-20)7-5-20/h2-3,11,14-15,18H,4-10,26H2,1H3,(H,27,28)/t11?,14-,15+,18+,20?,21?/m0/s1/i1D3. The van der Waals surface area contributed by atoms with Gasteiger partial charge < -0.3 is 15.8 Å². The molecule has 1 aromatic rings. The van der Waals surface area contributed by atoms with Crippen LogP contribution in [0.2, 0.25) is 5.02 Å². The maximum atomic E-state index is 15.0. The van der Waals surface area contributed by atoms with E-state index in [1.165, 1.54) is 0 Å². The summed E-state index contributed by atoms with van der Waals surface area (Å²) in [4.78, 5) is 13.2. The Morgan fingerprint density at radius 1 is 1.34 bits per heavy atom. The Labute approximate surface area is 177 Å². The second kappa shape index (κ2) is 7.43. The SMILES string of the molecule is [2H]C([2H])([2H])O[C@@H]1CC(C(=O)N[C@H](c2c(F)ccc(Cl)c2F)C23CCC(F)(CC2)C3)C[C@@H]1N. The smallest absolute Gasteiger partial charge is 0.223 e. The molecule has 3 aliphatic rings. The molecule has 0 heterocycles. The summed E-state index contributed by atoms with van der Waals surface area (Å²) in [6.45, 7) is 0. The van der Waals surface area contributed by atoms with Crippen LogP contribution in [-0.4, -0.2) is 30.8 Å². The molecule has 0 aromatic heterocycles. The molecule has 8 heteroatoms. The average molecular weight is 434 g/mol. The molecule has 4 atom stereocenters. The third-order valence-corrected chi connectivity index (χ3v) is 7.44. The van der Waals surface area contributed by atoms with E-state index in [1.54, 1.807) is 0 Å². The number of ether oxygens (including phenoxy) is 1. The van der Waals surface area contributed by atoms with Crippen LogP contribution >= 0.6 is 11.6 Å². The van der Waals surface area contributed by atoms with Crippen LogP contribution in [0.1, 0.15) is 60.7 Å². The van der Waals surface area contributed by atoms with Crippen LogP contribution in [0.15, 0.2) is 12.1 Å². The summed E-state index contributed by atoms with van der Waals surface area (Å²) in [5.74, 6) is -3.04. The Kier molecular flexibility index (Phi) is 4.45. The molecule has 1 unspecified atom stereocenters. The summed E-state index contributed by atoms with van der Waals surface area (Å²) >= 11 is 5.91. The largest absolute Gasteiger partial charge is 0.380 e. The number of benzene rings is 1. The molecule has 4 rings (SSSR count). The van der Waals surface area contributed by atoms with Gasteiger partial charge in [0.05, 0.1) is 21.3 Å². The highest BCUT2D eigenvalue weighted by Gasteiger charge is 2.59. The van der Waals surface area contributed by atoms with Gasteiger partial charge >= 0.3 is 0 Å². The number of methoxy groups -OCH3 is 1. The molecule has 4 nitrogen and oxygen atoms in total. The first kappa shape index (κ1) is 17.4. The number of nitrogens with one attached hydrogen (secondary N) is 1. The van der Waals surface area contributed by atoms with Crippen molar-refractivity contribution in [2.75, 3.05) is 7.04 Å². The summed E-state index contributed by atoms with van der Waals surface area (Å²) < 4.78 is 71.6. The Morgan fingerprint density at radius 3 is 2.69 bits per heavy atom. The number of fused-ring (bicyclic) bond motifs is 2. The fourth-order valence-electron chi connectivity index (χ4n) is 5.55. The molecule has 1 aromatic carbocycles. The van der Waals surface area contributed by atoms with Gasteiger partial charge in [0, 0.05) is 24.6 Å². The van der Waals surface area contributed by atoms with Crippen molar-refractivity contribution in [3.05, 3.63) is 34.4 Å². The zero-order valence-corrected chi connectivity index (χ0v) is 16.6. The minimum atomic E-state index is -2.65. The van der Waals surface area contributed by atoms with Crippen LogP contribution in [-0.2, 0) is 9.53 Å². The Balaban J connectivity index is 1.62. The zero-order valence-electron chi connectivity index (χ0n) is 18.8. The maximum absolute atomic E-state index is 15.0. The van der Waals surface area contributed by atoms with Gasteiger partial charge in [-0.2, -0.15) is 0 Å². The molecule has 3 fully saturated rings. The second-order valence-electron chi connectivity index (χ2n) is 8.88. The van der Waals surface area contributed by atoms with Gasteiger partial charge in [0.1, 0.15) is 17.3 Å². The first-order valence-corrected chi connectivity index (χ1v) is 10.3. The van der Waals surface area contributed by atoms with Crippen molar-refractivity contribution < 1.29 is 26.8 Å². The maximum Gasteiger partial charge on any atom is 0.223 e. The van der Waals surface area contributed by atoms with Crippen LogP contribution in [0.5, 0.6) is 0 Å². The van der Waals surface area contributed by atoms with E-state index in [0.717, 1.165) is 12.1 Å². The molecule has 3 saturated carbocycles. The Morgan fingerprint density at radius 2 is 2.07 bits per heavy atom. The lowest BCUT2D eigenvalue weighted by Crippen LogP contribution is -2.42. The Bertz CT molecular complexity index is 909. The van der Waals surface area contributed by atoms with Crippen LogP contribution in [0.25, 0.3) is 0 Å². The number of carbonyl (C=O) groups excluding carboxylic acids is 1. The van der Waals surface area contributed by atoms with Gasteiger partial charge in [-0.1, -0.05) is 11.6 Å². The topological polar surface area (TPSA) is 64.3 Å². The van der Waals surface area contributed by atoms with Gasteiger partial charge in [0.25, 0.3) is 0 Å². The fraction of sp³-hybridized carbons (Fsp3) is 0.667. The van der Waals surface area contributed by atoms with E-state index in [1.807, 2.05) is 0 Å². The summed E-state index contributed by atoms with van der Waals surface area (Å²) in [6, 6.07) is 0.364. The van der Waals surface area contributed by atoms with Gasteiger partial charge in [-0.25, -0.2) is 13.2 Å². The number of hydrogen-bond acceptors (Lipinski definition) is 3. The summed E-state index contributed by atoms with van der Waals surface area (Å²) in [6.07, 6.45) is 0.803. The Hall–Kier alpha value is -1.31. The van der Waals surface area contributed by atoms with Crippen molar-refractivity contribution in [2.45, 2.75) is 68.8 Å².